The van der Waals surface area contributed by atoms with Gasteiger partial charge in [-0.2, -0.15) is 0 Å². The monoisotopic (exact) mass is 363 g/mol. The third kappa shape index (κ3) is 3.65. The first-order chi connectivity index (χ1) is 13.1. The van der Waals surface area contributed by atoms with Crippen LogP contribution < -0.4 is 19.5 Å². The Hall–Kier alpha value is -3.28. The van der Waals surface area contributed by atoms with Gasteiger partial charge in [0, 0.05) is 11.6 Å². The molecule has 0 fully saturated rings. The van der Waals surface area contributed by atoms with E-state index in [0.717, 1.165) is 39.9 Å². The van der Waals surface area contributed by atoms with Crippen LogP contribution in [0.2, 0.25) is 0 Å². The molecule has 4 rings (SSSR count). The van der Waals surface area contributed by atoms with Crippen molar-refractivity contribution >= 4 is 5.82 Å². The summed E-state index contributed by atoms with van der Waals surface area (Å²) in [6.45, 7) is 4.23. The number of rotatable bonds is 5. The largest absolute Gasteiger partial charge is 0.497 e. The molecule has 6 heteroatoms. The molecule has 1 unspecified atom stereocenters. The third-order valence-electron chi connectivity index (χ3n) is 4.46. The zero-order chi connectivity index (χ0) is 18.8. The molecule has 1 aliphatic heterocycles. The first-order valence-corrected chi connectivity index (χ1v) is 8.78. The molecule has 27 heavy (non-hydrogen) atoms. The second-order valence-corrected chi connectivity index (χ2v) is 6.40. The van der Waals surface area contributed by atoms with Gasteiger partial charge in [0.25, 0.3) is 0 Å². The van der Waals surface area contributed by atoms with Crippen molar-refractivity contribution < 1.29 is 14.2 Å². The van der Waals surface area contributed by atoms with Crippen molar-refractivity contribution in [3.63, 3.8) is 0 Å². The Balaban J connectivity index is 1.60. The van der Waals surface area contributed by atoms with E-state index in [1.165, 1.54) is 0 Å². The van der Waals surface area contributed by atoms with Crippen molar-refractivity contribution in [2.24, 2.45) is 0 Å². The first kappa shape index (κ1) is 17.1. The highest BCUT2D eigenvalue weighted by Crippen LogP contribution is 2.36. The van der Waals surface area contributed by atoms with E-state index in [-0.39, 0.29) is 12.8 Å². The van der Waals surface area contributed by atoms with Gasteiger partial charge < -0.3 is 19.5 Å². The van der Waals surface area contributed by atoms with E-state index < -0.39 is 0 Å². The van der Waals surface area contributed by atoms with Gasteiger partial charge in [-0.3, -0.25) is 0 Å². The van der Waals surface area contributed by atoms with Gasteiger partial charge in [0.2, 0.25) is 6.79 Å². The van der Waals surface area contributed by atoms with Crippen LogP contribution in [0.25, 0.3) is 11.3 Å². The number of methoxy groups -OCH3 is 1. The average molecular weight is 363 g/mol. The van der Waals surface area contributed by atoms with Crippen LogP contribution in [0.5, 0.6) is 17.2 Å². The number of ether oxygens (including phenoxy) is 3. The minimum atomic E-state index is 0.0685. The SMILES string of the molecule is COc1cccc(C(C)Nc2cc(-c3ccc4c(c3)OCO4)nc(C)n2)c1. The molecule has 0 radical (unpaired) electrons. The van der Waals surface area contributed by atoms with Gasteiger partial charge in [-0.05, 0) is 49.7 Å². The Labute approximate surface area is 158 Å². The Morgan fingerprint density at radius 3 is 2.74 bits per heavy atom. The summed E-state index contributed by atoms with van der Waals surface area (Å²) >= 11 is 0. The maximum Gasteiger partial charge on any atom is 0.231 e. The number of benzene rings is 2. The van der Waals surface area contributed by atoms with Crippen molar-refractivity contribution in [2.75, 3.05) is 19.2 Å². The molecule has 2 heterocycles. The fourth-order valence-corrected chi connectivity index (χ4v) is 3.06. The van der Waals surface area contributed by atoms with Gasteiger partial charge in [0.15, 0.2) is 11.5 Å². The summed E-state index contributed by atoms with van der Waals surface area (Å²) in [6.07, 6.45) is 0. The van der Waals surface area contributed by atoms with Crippen molar-refractivity contribution in [2.45, 2.75) is 19.9 Å². The van der Waals surface area contributed by atoms with E-state index in [0.29, 0.717) is 5.82 Å². The number of hydrogen-bond donors (Lipinski definition) is 1. The molecule has 0 bridgehead atoms. The molecule has 1 N–H and O–H groups in total. The summed E-state index contributed by atoms with van der Waals surface area (Å²) < 4.78 is 16.2. The number of hydrogen-bond acceptors (Lipinski definition) is 6. The average Bonchev–Trinajstić information content (AvgIpc) is 3.15. The molecule has 0 saturated carbocycles. The molecule has 6 nitrogen and oxygen atoms in total. The highest BCUT2D eigenvalue weighted by atomic mass is 16.7. The number of aromatic nitrogens is 2. The Kier molecular flexibility index (Phi) is 4.54. The minimum Gasteiger partial charge on any atom is -0.497 e. The molecule has 0 spiro atoms. The summed E-state index contributed by atoms with van der Waals surface area (Å²) in [5.41, 5.74) is 2.92. The van der Waals surface area contributed by atoms with Crippen molar-refractivity contribution in [1.29, 1.82) is 0 Å². The number of fused-ring (bicyclic) bond motifs is 1. The van der Waals surface area contributed by atoms with E-state index in [9.17, 15) is 0 Å². The van der Waals surface area contributed by atoms with Gasteiger partial charge in [0.05, 0.1) is 18.8 Å². The van der Waals surface area contributed by atoms with Crippen LogP contribution in [0.15, 0.2) is 48.5 Å². The molecule has 3 aromatic rings. The Morgan fingerprint density at radius 2 is 1.89 bits per heavy atom. The van der Waals surface area contributed by atoms with Crippen molar-refractivity contribution in [3.05, 3.63) is 59.9 Å². The normalized spacial score (nSPS) is 13.3. The van der Waals surface area contributed by atoms with Gasteiger partial charge in [0.1, 0.15) is 17.4 Å². The second-order valence-electron chi connectivity index (χ2n) is 6.40. The van der Waals surface area contributed by atoms with Crippen molar-refractivity contribution in [3.8, 4) is 28.5 Å². The lowest BCUT2D eigenvalue weighted by atomic mass is 10.1. The maximum atomic E-state index is 5.47. The second kappa shape index (κ2) is 7.15. The summed E-state index contributed by atoms with van der Waals surface area (Å²) in [4.78, 5) is 9.10. The zero-order valence-electron chi connectivity index (χ0n) is 15.5. The van der Waals surface area contributed by atoms with E-state index in [1.807, 2.05) is 49.4 Å². The molecule has 0 saturated heterocycles. The smallest absolute Gasteiger partial charge is 0.231 e. The lowest BCUT2D eigenvalue weighted by Gasteiger charge is -2.17. The van der Waals surface area contributed by atoms with Crippen LogP contribution in [-0.2, 0) is 0 Å². The molecular formula is C21H21N3O3. The molecule has 2 aromatic carbocycles. The summed E-state index contributed by atoms with van der Waals surface area (Å²) in [7, 11) is 1.67. The first-order valence-electron chi connectivity index (χ1n) is 8.78. The molecule has 1 aromatic heterocycles. The highest BCUT2D eigenvalue weighted by Gasteiger charge is 2.15. The minimum absolute atomic E-state index is 0.0685. The summed E-state index contributed by atoms with van der Waals surface area (Å²) in [5.74, 6) is 3.80. The van der Waals surface area contributed by atoms with Crippen LogP contribution in [0, 0.1) is 6.92 Å². The number of nitrogens with zero attached hydrogens (tertiary/aromatic N) is 2. The van der Waals surface area contributed by atoms with Crippen LogP contribution in [0.1, 0.15) is 24.4 Å². The summed E-state index contributed by atoms with van der Waals surface area (Å²) in [5, 5.41) is 3.45. The summed E-state index contributed by atoms with van der Waals surface area (Å²) in [6, 6.07) is 15.8. The van der Waals surface area contributed by atoms with E-state index >= 15 is 0 Å². The Bertz CT molecular complexity index is 975. The van der Waals surface area contributed by atoms with E-state index in [2.05, 4.69) is 28.3 Å². The molecule has 1 atom stereocenters. The van der Waals surface area contributed by atoms with Crippen molar-refractivity contribution in [1.82, 2.24) is 9.97 Å². The lowest BCUT2D eigenvalue weighted by Crippen LogP contribution is -2.09. The van der Waals surface area contributed by atoms with E-state index in [4.69, 9.17) is 14.2 Å². The number of nitrogens with one attached hydrogen (secondary N) is 1. The fraction of sp³-hybridized carbons (Fsp3) is 0.238. The van der Waals surface area contributed by atoms with Gasteiger partial charge >= 0.3 is 0 Å². The highest BCUT2D eigenvalue weighted by molar-refractivity contribution is 5.66. The molecule has 1 aliphatic rings. The van der Waals surface area contributed by atoms with Crippen LogP contribution in [-0.4, -0.2) is 23.9 Å². The standard InChI is InChI=1S/C21H21N3O3/c1-13(15-5-4-6-17(9-15)25-3)22-21-11-18(23-14(2)24-21)16-7-8-19-20(10-16)27-12-26-19/h4-11,13H,12H2,1-3H3,(H,22,23,24). The number of anilines is 1. The molecule has 0 amide bonds. The van der Waals surface area contributed by atoms with Crippen LogP contribution in [0.4, 0.5) is 5.82 Å². The zero-order valence-corrected chi connectivity index (χ0v) is 15.5. The number of aryl methyl sites for hydroxylation is 1. The fourth-order valence-electron chi connectivity index (χ4n) is 3.06. The van der Waals surface area contributed by atoms with Crippen LogP contribution >= 0.6 is 0 Å². The predicted molar refractivity (Wildman–Crippen MR) is 103 cm³/mol. The van der Waals surface area contributed by atoms with Gasteiger partial charge in [-0.25, -0.2) is 9.97 Å². The van der Waals surface area contributed by atoms with Gasteiger partial charge in [-0.1, -0.05) is 12.1 Å². The lowest BCUT2D eigenvalue weighted by molar-refractivity contribution is 0.174. The predicted octanol–water partition coefficient (Wildman–Crippen LogP) is 4.36. The Morgan fingerprint density at radius 1 is 1.04 bits per heavy atom. The topological polar surface area (TPSA) is 65.5 Å². The maximum absolute atomic E-state index is 5.47. The quantitative estimate of drug-likeness (QED) is 0.726. The molecule has 138 valence electrons. The molecular weight excluding hydrogens is 342 g/mol. The van der Waals surface area contributed by atoms with E-state index in [1.54, 1.807) is 7.11 Å². The molecule has 0 aliphatic carbocycles. The van der Waals surface area contributed by atoms with Gasteiger partial charge in [-0.15, -0.1) is 0 Å². The van der Waals surface area contributed by atoms with Crippen LogP contribution in [0.3, 0.4) is 0 Å². The third-order valence-corrected chi connectivity index (χ3v) is 4.46.